The Labute approximate surface area is 121 Å². The maximum Gasteiger partial charge on any atom is 0.208 e. The minimum absolute atomic E-state index is 0.710. The first-order valence-corrected chi connectivity index (χ1v) is 8.22. The number of rotatable bonds is 5. The maximum atomic E-state index is 5.81. The fraction of sp³-hybridized carbons (Fsp3) is 0.812. The van der Waals surface area contributed by atoms with Crippen LogP contribution < -0.4 is 5.32 Å². The fourth-order valence-corrected chi connectivity index (χ4v) is 3.93. The molecule has 0 amide bonds. The van der Waals surface area contributed by atoms with Crippen LogP contribution in [0.5, 0.6) is 0 Å². The SMILES string of the molecule is CCNC1CC2CCCC(C1)N2Cc1ncc(CC)o1. The molecule has 2 saturated heterocycles. The first kappa shape index (κ1) is 14.1. The summed E-state index contributed by atoms with van der Waals surface area (Å²) in [5.74, 6) is 1.91. The Kier molecular flexibility index (Phi) is 4.41. The van der Waals surface area contributed by atoms with Crippen LogP contribution in [0.3, 0.4) is 0 Å². The van der Waals surface area contributed by atoms with Gasteiger partial charge in [-0.25, -0.2) is 4.98 Å². The van der Waals surface area contributed by atoms with Crippen molar-refractivity contribution in [3.8, 4) is 0 Å². The van der Waals surface area contributed by atoms with Gasteiger partial charge in [-0.1, -0.05) is 20.3 Å². The first-order valence-electron chi connectivity index (χ1n) is 8.22. The van der Waals surface area contributed by atoms with E-state index in [0.717, 1.165) is 31.2 Å². The lowest BCUT2D eigenvalue weighted by molar-refractivity contribution is 0.0116. The summed E-state index contributed by atoms with van der Waals surface area (Å²) in [6.07, 6.45) is 9.44. The Morgan fingerprint density at radius 3 is 2.65 bits per heavy atom. The summed E-state index contributed by atoms with van der Waals surface area (Å²) >= 11 is 0. The second-order valence-corrected chi connectivity index (χ2v) is 6.21. The standard InChI is InChI=1S/C16H27N3O/c1-3-15-10-18-16(20-15)11-19-13-6-5-7-14(19)9-12(8-13)17-4-2/h10,12-14,17H,3-9,11H2,1-2H3. The number of hydrogen-bond acceptors (Lipinski definition) is 4. The van der Waals surface area contributed by atoms with E-state index in [9.17, 15) is 0 Å². The van der Waals surface area contributed by atoms with Gasteiger partial charge in [-0.2, -0.15) is 0 Å². The van der Waals surface area contributed by atoms with Gasteiger partial charge in [0.15, 0.2) is 0 Å². The Morgan fingerprint density at radius 1 is 1.30 bits per heavy atom. The summed E-state index contributed by atoms with van der Waals surface area (Å²) < 4.78 is 5.81. The van der Waals surface area contributed by atoms with Gasteiger partial charge in [0.1, 0.15) is 5.76 Å². The largest absolute Gasteiger partial charge is 0.444 e. The molecule has 4 heteroatoms. The van der Waals surface area contributed by atoms with E-state index >= 15 is 0 Å². The molecule has 20 heavy (non-hydrogen) atoms. The number of nitrogens with one attached hydrogen (secondary N) is 1. The van der Waals surface area contributed by atoms with Crippen LogP contribution in [0.4, 0.5) is 0 Å². The van der Waals surface area contributed by atoms with E-state index in [1.165, 1.54) is 32.1 Å². The molecule has 2 atom stereocenters. The predicted molar refractivity (Wildman–Crippen MR) is 79.5 cm³/mol. The van der Waals surface area contributed by atoms with E-state index in [2.05, 4.69) is 29.0 Å². The molecule has 2 aliphatic heterocycles. The van der Waals surface area contributed by atoms with E-state index in [-0.39, 0.29) is 0 Å². The monoisotopic (exact) mass is 277 g/mol. The molecule has 1 aromatic rings. The second kappa shape index (κ2) is 6.27. The number of aromatic nitrogens is 1. The fourth-order valence-electron chi connectivity index (χ4n) is 3.93. The summed E-state index contributed by atoms with van der Waals surface area (Å²) in [4.78, 5) is 7.10. The molecular formula is C16H27N3O. The summed E-state index contributed by atoms with van der Waals surface area (Å²) in [6.45, 7) is 6.31. The zero-order valence-corrected chi connectivity index (χ0v) is 12.8. The highest BCUT2D eigenvalue weighted by atomic mass is 16.4. The maximum absolute atomic E-state index is 5.81. The van der Waals surface area contributed by atoms with Crippen molar-refractivity contribution in [2.24, 2.45) is 0 Å². The zero-order chi connectivity index (χ0) is 13.9. The van der Waals surface area contributed by atoms with Crippen molar-refractivity contribution in [2.75, 3.05) is 6.54 Å². The first-order chi connectivity index (χ1) is 9.80. The van der Waals surface area contributed by atoms with Gasteiger partial charge < -0.3 is 9.73 Å². The molecule has 2 unspecified atom stereocenters. The Morgan fingerprint density at radius 2 is 2.05 bits per heavy atom. The van der Waals surface area contributed by atoms with Gasteiger partial charge in [-0.3, -0.25) is 4.90 Å². The summed E-state index contributed by atoms with van der Waals surface area (Å²) in [5.41, 5.74) is 0. The topological polar surface area (TPSA) is 41.3 Å². The van der Waals surface area contributed by atoms with E-state index in [1.54, 1.807) is 0 Å². The lowest BCUT2D eigenvalue weighted by Crippen LogP contribution is -2.55. The predicted octanol–water partition coefficient (Wildman–Crippen LogP) is 2.73. The number of nitrogens with zero attached hydrogens (tertiary/aromatic N) is 2. The van der Waals surface area contributed by atoms with Crippen LogP contribution in [0.1, 0.15) is 57.6 Å². The molecule has 0 aliphatic carbocycles. The molecule has 3 rings (SSSR count). The molecule has 4 nitrogen and oxygen atoms in total. The average molecular weight is 277 g/mol. The van der Waals surface area contributed by atoms with Crippen molar-refractivity contribution < 1.29 is 4.42 Å². The molecule has 0 radical (unpaired) electrons. The third-order valence-electron chi connectivity index (χ3n) is 4.89. The van der Waals surface area contributed by atoms with Gasteiger partial charge in [0.05, 0.1) is 12.7 Å². The Hall–Kier alpha value is -0.870. The molecule has 3 heterocycles. The quantitative estimate of drug-likeness (QED) is 0.898. The molecule has 1 aromatic heterocycles. The molecule has 1 N–H and O–H groups in total. The lowest BCUT2D eigenvalue weighted by atomic mass is 9.81. The van der Waals surface area contributed by atoms with Crippen LogP contribution in [0.25, 0.3) is 0 Å². The molecule has 2 bridgehead atoms. The number of hydrogen-bond donors (Lipinski definition) is 1. The van der Waals surface area contributed by atoms with Crippen molar-refractivity contribution >= 4 is 0 Å². The van der Waals surface area contributed by atoms with Gasteiger partial charge in [-0.05, 0) is 32.2 Å². The van der Waals surface area contributed by atoms with E-state index in [1.807, 2.05) is 6.20 Å². The highest BCUT2D eigenvalue weighted by Gasteiger charge is 2.38. The van der Waals surface area contributed by atoms with Crippen LogP contribution in [-0.2, 0) is 13.0 Å². The highest BCUT2D eigenvalue weighted by Crippen LogP contribution is 2.35. The zero-order valence-electron chi connectivity index (χ0n) is 12.8. The number of aryl methyl sites for hydroxylation is 1. The minimum atomic E-state index is 0.710. The summed E-state index contributed by atoms with van der Waals surface area (Å²) in [5, 5.41) is 3.64. The number of oxazole rings is 1. The minimum Gasteiger partial charge on any atom is -0.444 e. The van der Waals surface area contributed by atoms with Gasteiger partial charge in [0, 0.05) is 24.5 Å². The lowest BCUT2D eigenvalue weighted by Gasteiger charge is -2.48. The van der Waals surface area contributed by atoms with Crippen molar-refractivity contribution in [3.05, 3.63) is 17.8 Å². The van der Waals surface area contributed by atoms with Crippen LogP contribution in [0.15, 0.2) is 10.6 Å². The van der Waals surface area contributed by atoms with Crippen LogP contribution in [0, 0.1) is 0 Å². The molecule has 0 spiro atoms. The molecule has 2 fully saturated rings. The van der Waals surface area contributed by atoms with E-state index in [0.29, 0.717) is 18.1 Å². The summed E-state index contributed by atoms with van der Waals surface area (Å²) in [7, 11) is 0. The van der Waals surface area contributed by atoms with Crippen LogP contribution >= 0.6 is 0 Å². The van der Waals surface area contributed by atoms with Crippen LogP contribution in [-0.4, -0.2) is 34.6 Å². The Balaban J connectivity index is 1.67. The highest BCUT2D eigenvalue weighted by molar-refractivity contribution is 4.99. The number of fused-ring (bicyclic) bond motifs is 2. The van der Waals surface area contributed by atoms with Gasteiger partial charge in [-0.15, -0.1) is 0 Å². The Bertz CT molecular complexity index is 417. The van der Waals surface area contributed by atoms with Crippen molar-refractivity contribution in [1.82, 2.24) is 15.2 Å². The van der Waals surface area contributed by atoms with Crippen molar-refractivity contribution in [3.63, 3.8) is 0 Å². The van der Waals surface area contributed by atoms with Gasteiger partial charge in [0.25, 0.3) is 0 Å². The third kappa shape index (κ3) is 2.91. The molecule has 0 aromatic carbocycles. The number of piperidine rings is 2. The molecule has 2 aliphatic rings. The van der Waals surface area contributed by atoms with Gasteiger partial charge >= 0.3 is 0 Å². The van der Waals surface area contributed by atoms with Crippen molar-refractivity contribution in [2.45, 2.75) is 77.0 Å². The average Bonchev–Trinajstić information content (AvgIpc) is 2.87. The third-order valence-corrected chi connectivity index (χ3v) is 4.89. The smallest absolute Gasteiger partial charge is 0.208 e. The van der Waals surface area contributed by atoms with E-state index in [4.69, 9.17) is 4.42 Å². The summed E-state index contributed by atoms with van der Waals surface area (Å²) in [6, 6.07) is 2.13. The molecule has 112 valence electrons. The second-order valence-electron chi connectivity index (χ2n) is 6.21. The molecular weight excluding hydrogens is 250 g/mol. The van der Waals surface area contributed by atoms with E-state index < -0.39 is 0 Å². The molecule has 0 saturated carbocycles. The van der Waals surface area contributed by atoms with Crippen LogP contribution in [0.2, 0.25) is 0 Å². The van der Waals surface area contributed by atoms with Crippen molar-refractivity contribution in [1.29, 1.82) is 0 Å². The van der Waals surface area contributed by atoms with Gasteiger partial charge in [0.2, 0.25) is 5.89 Å². The normalized spacial score (nSPS) is 30.6.